The molecule has 0 radical (unpaired) electrons. The van der Waals surface area contributed by atoms with Crippen molar-refractivity contribution in [3.8, 4) is 0 Å². The molecule has 1 saturated heterocycles. The predicted molar refractivity (Wildman–Crippen MR) is 85.5 cm³/mol. The normalized spacial score (nSPS) is 19.2. The molecule has 0 saturated carbocycles. The lowest BCUT2D eigenvalue weighted by Gasteiger charge is -2.16. The summed E-state index contributed by atoms with van der Waals surface area (Å²) >= 11 is 0. The van der Waals surface area contributed by atoms with Gasteiger partial charge in [0.15, 0.2) is 0 Å². The van der Waals surface area contributed by atoms with Crippen LogP contribution in [-0.4, -0.2) is 25.0 Å². The van der Waals surface area contributed by atoms with Gasteiger partial charge >= 0.3 is 0 Å². The third-order valence-electron chi connectivity index (χ3n) is 3.92. The maximum Gasteiger partial charge on any atom is 0.220 e. The Bertz CT molecular complexity index is 430. The van der Waals surface area contributed by atoms with Crippen LogP contribution in [0.15, 0.2) is 24.3 Å². The first-order valence-corrected chi connectivity index (χ1v) is 7.22. The molecule has 1 heterocycles. The second-order valence-corrected chi connectivity index (χ2v) is 5.56. The van der Waals surface area contributed by atoms with E-state index in [4.69, 9.17) is 0 Å². The molecule has 1 fully saturated rings. The fourth-order valence-electron chi connectivity index (χ4n) is 2.77. The van der Waals surface area contributed by atoms with Crippen molar-refractivity contribution < 1.29 is 4.79 Å². The SMILES string of the molecule is Cc1ccccc1C(C)CC(=O)NCC1CCCN1.Cl. The molecule has 1 amide bonds. The Kier molecular flexibility index (Phi) is 7.03. The summed E-state index contributed by atoms with van der Waals surface area (Å²) < 4.78 is 0. The van der Waals surface area contributed by atoms with E-state index in [1.807, 2.05) is 12.1 Å². The Morgan fingerprint density at radius 1 is 1.45 bits per heavy atom. The lowest BCUT2D eigenvalue weighted by molar-refractivity contribution is -0.121. The van der Waals surface area contributed by atoms with Crippen LogP contribution in [0.4, 0.5) is 0 Å². The fourth-order valence-corrected chi connectivity index (χ4v) is 2.77. The van der Waals surface area contributed by atoms with Gasteiger partial charge < -0.3 is 10.6 Å². The van der Waals surface area contributed by atoms with Gasteiger partial charge in [-0.2, -0.15) is 0 Å². The van der Waals surface area contributed by atoms with Gasteiger partial charge in [-0.05, 0) is 43.4 Å². The molecule has 2 N–H and O–H groups in total. The van der Waals surface area contributed by atoms with Gasteiger partial charge in [0.05, 0.1) is 0 Å². The number of carbonyl (C=O) groups excluding carboxylic acids is 1. The zero-order valence-corrected chi connectivity index (χ0v) is 13.1. The van der Waals surface area contributed by atoms with E-state index in [9.17, 15) is 4.79 Å². The largest absolute Gasteiger partial charge is 0.355 e. The highest BCUT2D eigenvalue weighted by Crippen LogP contribution is 2.22. The number of halogens is 1. The lowest BCUT2D eigenvalue weighted by atomic mass is 9.93. The molecule has 0 aliphatic carbocycles. The van der Waals surface area contributed by atoms with Crippen molar-refractivity contribution >= 4 is 18.3 Å². The van der Waals surface area contributed by atoms with E-state index in [0.717, 1.165) is 13.1 Å². The first-order valence-electron chi connectivity index (χ1n) is 7.22. The third kappa shape index (κ3) is 4.80. The van der Waals surface area contributed by atoms with Crippen LogP contribution in [0.3, 0.4) is 0 Å². The van der Waals surface area contributed by atoms with Gasteiger partial charge in [-0.25, -0.2) is 0 Å². The number of hydrogen-bond donors (Lipinski definition) is 2. The molecule has 2 atom stereocenters. The monoisotopic (exact) mass is 296 g/mol. The van der Waals surface area contributed by atoms with E-state index in [2.05, 4.69) is 36.6 Å². The van der Waals surface area contributed by atoms with Gasteiger partial charge in [0.2, 0.25) is 5.91 Å². The number of benzene rings is 1. The summed E-state index contributed by atoms with van der Waals surface area (Å²) in [6.07, 6.45) is 2.96. The fraction of sp³-hybridized carbons (Fsp3) is 0.562. The Morgan fingerprint density at radius 2 is 2.20 bits per heavy atom. The van der Waals surface area contributed by atoms with E-state index in [1.54, 1.807) is 0 Å². The van der Waals surface area contributed by atoms with Crippen molar-refractivity contribution in [2.45, 2.75) is 45.1 Å². The maximum atomic E-state index is 12.0. The van der Waals surface area contributed by atoms with Crippen LogP contribution in [0.1, 0.15) is 43.2 Å². The predicted octanol–water partition coefficient (Wildman–Crippen LogP) is 2.78. The minimum atomic E-state index is 0. The molecular weight excluding hydrogens is 272 g/mol. The Labute approximate surface area is 127 Å². The summed E-state index contributed by atoms with van der Waals surface area (Å²) in [6, 6.07) is 8.77. The van der Waals surface area contributed by atoms with E-state index >= 15 is 0 Å². The first kappa shape index (κ1) is 17.0. The molecule has 2 unspecified atom stereocenters. The smallest absolute Gasteiger partial charge is 0.220 e. The van der Waals surface area contributed by atoms with Crippen molar-refractivity contribution in [2.75, 3.05) is 13.1 Å². The maximum absolute atomic E-state index is 12.0. The number of nitrogens with one attached hydrogen (secondary N) is 2. The molecule has 1 aliphatic rings. The summed E-state index contributed by atoms with van der Waals surface area (Å²) in [5.74, 6) is 0.433. The van der Waals surface area contributed by atoms with Crippen molar-refractivity contribution in [1.29, 1.82) is 0 Å². The van der Waals surface area contributed by atoms with Crippen LogP contribution in [-0.2, 0) is 4.79 Å². The van der Waals surface area contributed by atoms with Crippen LogP contribution in [0.2, 0.25) is 0 Å². The van der Waals surface area contributed by atoms with Crippen molar-refractivity contribution in [1.82, 2.24) is 10.6 Å². The molecule has 2 rings (SSSR count). The molecule has 1 aromatic carbocycles. The average Bonchev–Trinajstić information content (AvgIpc) is 2.90. The minimum Gasteiger partial charge on any atom is -0.355 e. The summed E-state index contributed by atoms with van der Waals surface area (Å²) in [6.45, 7) is 6.07. The number of hydrogen-bond acceptors (Lipinski definition) is 2. The van der Waals surface area contributed by atoms with Gasteiger partial charge in [-0.3, -0.25) is 4.79 Å². The molecule has 20 heavy (non-hydrogen) atoms. The summed E-state index contributed by atoms with van der Waals surface area (Å²) in [4.78, 5) is 12.0. The summed E-state index contributed by atoms with van der Waals surface area (Å²) in [5.41, 5.74) is 2.54. The topological polar surface area (TPSA) is 41.1 Å². The molecule has 0 bridgehead atoms. The van der Waals surface area contributed by atoms with Crippen molar-refractivity contribution in [3.05, 3.63) is 35.4 Å². The van der Waals surface area contributed by atoms with Gasteiger partial charge in [0, 0.05) is 19.0 Å². The third-order valence-corrected chi connectivity index (χ3v) is 3.92. The van der Waals surface area contributed by atoms with E-state index in [1.165, 1.54) is 24.0 Å². The highest BCUT2D eigenvalue weighted by molar-refractivity contribution is 5.85. The zero-order chi connectivity index (χ0) is 13.7. The van der Waals surface area contributed by atoms with Crippen LogP contribution in [0.25, 0.3) is 0 Å². The zero-order valence-electron chi connectivity index (χ0n) is 12.3. The molecule has 112 valence electrons. The van der Waals surface area contributed by atoms with Gasteiger partial charge in [-0.1, -0.05) is 31.2 Å². The molecule has 1 aliphatic heterocycles. The van der Waals surface area contributed by atoms with E-state index in [0.29, 0.717) is 12.5 Å². The van der Waals surface area contributed by atoms with Gasteiger partial charge in [0.1, 0.15) is 0 Å². The first-order chi connectivity index (χ1) is 9.16. The highest BCUT2D eigenvalue weighted by atomic mass is 35.5. The van der Waals surface area contributed by atoms with Crippen LogP contribution in [0.5, 0.6) is 0 Å². The Balaban J connectivity index is 0.00000200. The highest BCUT2D eigenvalue weighted by Gasteiger charge is 2.16. The van der Waals surface area contributed by atoms with Crippen LogP contribution in [0, 0.1) is 6.92 Å². The number of carbonyl (C=O) groups is 1. The number of aryl methyl sites for hydroxylation is 1. The molecule has 1 aromatic rings. The van der Waals surface area contributed by atoms with Crippen molar-refractivity contribution in [3.63, 3.8) is 0 Å². The quantitative estimate of drug-likeness (QED) is 0.877. The van der Waals surface area contributed by atoms with E-state index in [-0.39, 0.29) is 24.2 Å². The van der Waals surface area contributed by atoms with Crippen LogP contribution < -0.4 is 10.6 Å². The van der Waals surface area contributed by atoms with Crippen molar-refractivity contribution in [2.24, 2.45) is 0 Å². The molecule has 3 nitrogen and oxygen atoms in total. The molecule has 0 aromatic heterocycles. The summed E-state index contributed by atoms with van der Waals surface area (Å²) in [7, 11) is 0. The molecule has 0 spiro atoms. The number of rotatable bonds is 5. The number of amides is 1. The lowest BCUT2D eigenvalue weighted by Crippen LogP contribution is -2.37. The second-order valence-electron chi connectivity index (χ2n) is 5.56. The average molecular weight is 297 g/mol. The molecular formula is C16H25ClN2O. The Morgan fingerprint density at radius 3 is 2.85 bits per heavy atom. The van der Waals surface area contributed by atoms with E-state index < -0.39 is 0 Å². The Hall–Kier alpha value is -1.06. The molecule has 4 heteroatoms. The second kappa shape index (κ2) is 8.28. The van der Waals surface area contributed by atoms with Crippen LogP contribution >= 0.6 is 12.4 Å². The van der Waals surface area contributed by atoms with Gasteiger partial charge in [-0.15, -0.1) is 12.4 Å². The summed E-state index contributed by atoms with van der Waals surface area (Å²) in [5, 5.41) is 6.43. The standard InChI is InChI=1S/C16H24N2O.ClH/c1-12-6-3-4-8-15(12)13(2)10-16(19)18-11-14-7-5-9-17-14;/h3-4,6,8,13-14,17H,5,7,9-11H2,1-2H3,(H,18,19);1H. The van der Waals surface area contributed by atoms with Gasteiger partial charge in [0.25, 0.3) is 0 Å². The minimum absolute atomic E-state index is 0.